The predicted octanol–water partition coefficient (Wildman–Crippen LogP) is 5.29. The zero-order valence-electron chi connectivity index (χ0n) is 13.9. The zero-order valence-corrected chi connectivity index (χ0v) is 13.9. The number of carbonyl (C=O) groups excluding carboxylic acids is 1. The summed E-state index contributed by atoms with van der Waals surface area (Å²) in [6.07, 6.45) is 0. The lowest BCUT2D eigenvalue weighted by molar-refractivity contribution is 0.0997. The summed E-state index contributed by atoms with van der Waals surface area (Å²) < 4.78 is 5.75. The minimum Gasteiger partial charge on any atom is -0.451 e. The normalized spacial score (nSPS) is 11.7. The van der Waals surface area contributed by atoms with Crippen molar-refractivity contribution in [2.24, 2.45) is 0 Å². The lowest BCUT2D eigenvalue weighted by Crippen LogP contribution is -2.18. The van der Waals surface area contributed by atoms with Crippen molar-refractivity contribution < 1.29 is 9.21 Å². The molecule has 23 heavy (non-hydrogen) atoms. The number of hydrogen-bond donors (Lipinski definition) is 1. The average molecular weight is 307 g/mol. The second-order valence-corrected chi connectivity index (χ2v) is 6.80. The van der Waals surface area contributed by atoms with Crippen LogP contribution in [0.25, 0.3) is 11.0 Å². The van der Waals surface area contributed by atoms with Crippen molar-refractivity contribution in [3.63, 3.8) is 0 Å². The molecule has 1 N–H and O–H groups in total. The van der Waals surface area contributed by atoms with Gasteiger partial charge < -0.3 is 9.73 Å². The van der Waals surface area contributed by atoms with Crippen LogP contribution in [0.5, 0.6) is 0 Å². The number of para-hydroxylation sites is 2. The maximum Gasteiger partial charge on any atom is 0.291 e. The van der Waals surface area contributed by atoms with Gasteiger partial charge in [0.2, 0.25) is 0 Å². The quantitative estimate of drug-likeness (QED) is 0.699. The van der Waals surface area contributed by atoms with E-state index in [9.17, 15) is 4.79 Å². The molecule has 1 aromatic heterocycles. The van der Waals surface area contributed by atoms with Gasteiger partial charge in [-0.25, -0.2) is 0 Å². The monoisotopic (exact) mass is 307 g/mol. The molecular weight excluding hydrogens is 286 g/mol. The highest BCUT2D eigenvalue weighted by Gasteiger charge is 2.21. The summed E-state index contributed by atoms with van der Waals surface area (Å²) in [4.78, 5) is 12.7. The number of anilines is 1. The van der Waals surface area contributed by atoms with Crippen molar-refractivity contribution in [3.8, 4) is 0 Å². The minimum atomic E-state index is -0.213. The molecule has 3 rings (SSSR count). The third-order valence-corrected chi connectivity index (χ3v) is 4.03. The van der Waals surface area contributed by atoms with Gasteiger partial charge in [0, 0.05) is 16.6 Å². The summed E-state index contributed by atoms with van der Waals surface area (Å²) in [6, 6.07) is 15.6. The van der Waals surface area contributed by atoms with Gasteiger partial charge in [-0.05, 0) is 30.0 Å². The molecule has 3 nitrogen and oxygen atoms in total. The number of amides is 1. The molecule has 0 spiro atoms. The average Bonchev–Trinajstić information content (AvgIpc) is 2.84. The summed E-state index contributed by atoms with van der Waals surface area (Å²) in [7, 11) is 0. The van der Waals surface area contributed by atoms with Crippen LogP contribution in [-0.2, 0) is 5.41 Å². The molecule has 0 aliphatic heterocycles. The Labute approximate surface area is 136 Å². The Kier molecular flexibility index (Phi) is 3.72. The van der Waals surface area contributed by atoms with Crippen molar-refractivity contribution >= 4 is 22.6 Å². The number of benzene rings is 2. The molecule has 0 saturated carbocycles. The van der Waals surface area contributed by atoms with Crippen LogP contribution in [0.4, 0.5) is 5.69 Å². The van der Waals surface area contributed by atoms with Gasteiger partial charge in [0.05, 0.1) is 0 Å². The number of furan rings is 1. The standard InChI is InChI=1S/C20H21NO2/c1-13-14-9-5-8-12-17(14)23-18(13)19(22)21-16-11-7-6-10-15(16)20(2,3)4/h5-12H,1-4H3,(H,21,22). The van der Waals surface area contributed by atoms with E-state index in [2.05, 4.69) is 26.1 Å². The van der Waals surface area contributed by atoms with Crippen LogP contribution in [0.1, 0.15) is 42.5 Å². The van der Waals surface area contributed by atoms with Crippen LogP contribution in [0.2, 0.25) is 0 Å². The first-order valence-electron chi connectivity index (χ1n) is 7.77. The van der Waals surface area contributed by atoms with Gasteiger partial charge in [-0.2, -0.15) is 0 Å². The van der Waals surface area contributed by atoms with Gasteiger partial charge in [-0.1, -0.05) is 57.2 Å². The number of hydrogen-bond acceptors (Lipinski definition) is 2. The number of aryl methyl sites for hydroxylation is 1. The third kappa shape index (κ3) is 2.87. The van der Waals surface area contributed by atoms with Gasteiger partial charge in [-0.3, -0.25) is 4.79 Å². The van der Waals surface area contributed by atoms with Crippen LogP contribution >= 0.6 is 0 Å². The summed E-state index contributed by atoms with van der Waals surface area (Å²) in [5, 5.41) is 3.98. The van der Waals surface area contributed by atoms with E-state index >= 15 is 0 Å². The Hall–Kier alpha value is -2.55. The molecule has 0 aliphatic carbocycles. The lowest BCUT2D eigenvalue weighted by atomic mass is 9.86. The van der Waals surface area contributed by atoms with Crippen molar-refractivity contribution in [3.05, 3.63) is 65.4 Å². The first kappa shape index (κ1) is 15.3. The van der Waals surface area contributed by atoms with E-state index in [0.29, 0.717) is 5.76 Å². The topological polar surface area (TPSA) is 42.2 Å². The summed E-state index contributed by atoms with van der Waals surface area (Å²) in [5.41, 5.74) is 3.48. The van der Waals surface area contributed by atoms with E-state index in [1.165, 1.54) is 0 Å². The van der Waals surface area contributed by atoms with Gasteiger partial charge in [-0.15, -0.1) is 0 Å². The van der Waals surface area contributed by atoms with Crippen molar-refractivity contribution in [1.82, 2.24) is 0 Å². The van der Waals surface area contributed by atoms with Gasteiger partial charge in [0.25, 0.3) is 5.91 Å². The fourth-order valence-electron chi connectivity index (χ4n) is 2.82. The SMILES string of the molecule is Cc1c(C(=O)Nc2ccccc2C(C)(C)C)oc2ccccc12. The van der Waals surface area contributed by atoms with Crippen LogP contribution in [0, 0.1) is 6.92 Å². The van der Waals surface area contributed by atoms with Crippen LogP contribution in [0.3, 0.4) is 0 Å². The second-order valence-electron chi connectivity index (χ2n) is 6.80. The number of fused-ring (bicyclic) bond motifs is 1. The highest BCUT2D eigenvalue weighted by Crippen LogP contribution is 2.31. The first-order valence-corrected chi connectivity index (χ1v) is 7.77. The van der Waals surface area contributed by atoms with E-state index in [-0.39, 0.29) is 11.3 Å². The molecule has 0 fully saturated rings. The molecule has 118 valence electrons. The molecule has 0 bridgehead atoms. The smallest absolute Gasteiger partial charge is 0.291 e. The second kappa shape index (κ2) is 5.58. The molecule has 0 radical (unpaired) electrons. The van der Waals surface area contributed by atoms with Gasteiger partial charge in [0.1, 0.15) is 5.58 Å². The summed E-state index contributed by atoms with van der Waals surface area (Å²) >= 11 is 0. The highest BCUT2D eigenvalue weighted by molar-refractivity contribution is 6.06. The maximum atomic E-state index is 12.7. The van der Waals surface area contributed by atoms with Crippen LogP contribution < -0.4 is 5.32 Å². The summed E-state index contributed by atoms with van der Waals surface area (Å²) in [6.45, 7) is 8.30. The molecule has 0 unspecified atom stereocenters. The molecular formula is C20H21NO2. The molecule has 3 heteroatoms. The highest BCUT2D eigenvalue weighted by atomic mass is 16.3. The Morgan fingerprint density at radius 2 is 1.65 bits per heavy atom. The molecule has 1 heterocycles. The van der Waals surface area contributed by atoms with Gasteiger partial charge in [0.15, 0.2) is 5.76 Å². The zero-order chi connectivity index (χ0) is 16.6. The molecule has 1 amide bonds. The van der Waals surface area contributed by atoms with E-state index in [1.807, 2.05) is 55.5 Å². The third-order valence-electron chi connectivity index (χ3n) is 4.03. The number of rotatable bonds is 2. The molecule has 0 atom stereocenters. The number of carbonyl (C=O) groups is 1. The van der Waals surface area contributed by atoms with E-state index < -0.39 is 0 Å². The van der Waals surface area contributed by atoms with Crippen molar-refractivity contribution in [1.29, 1.82) is 0 Å². The Morgan fingerprint density at radius 1 is 1.00 bits per heavy atom. The van der Waals surface area contributed by atoms with Gasteiger partial charge >= 0.3 is 0 Å². The molecule has 3 aromatic rings. The Balaban J connectivity index is 1.97. The molecule has 0 saturated heterocycles. The van der Waals surface area contributed by atoms with Crippen LogP contribution in [0.15, 0.2) is 52.9 Å². The summed E-state index contributed by atoms with van der Waals surface area (Å²) in [5.74, 6) is 0.158. The lowest BCUT2D eigenvalue weighted by Gasteiger charge is -2.22. The van der Waals surface area contributed by atoms with Crippen molar-refractivity contribution in [2.45, 2.75) is 33.1 Å². The first-order chi connectivity index (χ1) is 10.9. The molecule has 2 aromatic carbocycles. The van der Waals surface area contributed by atoms with Crippen LogP contribution in [-0.4, -0.2) is 5.91 Å². The Bertz CT molecular complexity index is 869. The minimum absolute atomic E-state index is 0.0488. The van der Waals surface area contributed by atoms with E-state index in [1.54, 1.807) is 0 Å². The fourth-order valence-corrected chi connectivity index (χ4v) is 2.82. The number of nitrogens with one attached hydrogen (secondary N) is 1. The predicted molar refractivity (Wildman–Crippen MR) is 94.0 cm³/mol. The maximum absolute atomic E-state index is 12.7. The fraction of sp³-hybridized carbons (Fsp3) is 0.250. The Morgan fingerprint density at radius 3 is 2.35 bits per heavy atom. The largest absolute Gasteiger partial charge is 0.451 e. The van der Waals surface area contributed by atoms with Crippen molar-refractivity contribution in [2.75, 3.05) is 5.32 Å². The molecule has 0 aliphatic rings. The van der Waals surface area contributed by atoms with E-state index in [4.69, 9.17) is 4.42 Å². The van der Waals surface area contributed by atoms with E-state index in [0.717, 1.165) is 27.8 Å².